The molecule has 2 rings (SSSR count). The van der Waals surface area contributed by atoms with Gasteiger partial charge in [-0.15, -0.1) is 22.7 Å². The number of nitrogens with one attached hydrogen (secondary N) is 1. The summed E-state index contributed by atoms with van der Waals surface area (Å²) in [5, 5.41) is 5.57. The Balaban J connectivity index is 2.15. The van der Waals surface area contributed by atoms with E-state index in [-0.39, 0.29) is 0 Å². The van der Waals surface area contributed by atoms with Gasteiger partial charge in [-0.05, 0) is 59.0 Å². The number of hydrogen-bond donors (Lipinski definition) is 1. The van der Waals surface area contributed by atoms with Crippen LogP contribution in [0.2, 0.25) is 0 Å². The quantitative estimate of drug-likeness (QED) is 0.882. The van der Waals surface area contributed by atoms with E-state index < -0.39 is 0 Å². The van der Waals surface area contributed by atoms with Crippen LogP contribution < -0.4 is 5.32 Å². The van der Waals surface area contributed by atoms with Crippen molar-refractivity contribution >= 4 is 38.6 Å². The zero-order chi connectivity index (χ0) is 11.5. The smallest absolute Gasteiger partial charge is 0.0701 e. The molecule has 1 unspecified atom stereocenters. The second kappa shape index (κ2) is 5.45. The van der Waals surface area contributed by atoms with Gasteiger partial charge in [-0.1, -0.05) is 0 Å². The van der Waals surface area contributed by atoms with Crippen molar-refractivity contribution in [3.63, 3.8) is 0 Å². The molecular formula is C12H14BrNS2. The molecule has 1 atom stereocenters. The van der Waals surface area contributed by atoms with E-state index in [0.717, 1.165) is 6.42 Å². The van der Waals surface area contributed by atoms with Gasteiger partial charge in [0.2, 0.25) is 0 Å². The molecule has 0 radical (unpaired) electrons. The summed E-state index contributed by atoms with van der Waals surface area (Å²) >= 11 is 7.16. The highest BCUT2D eigenvalue weighted by atomic mass is 79.9. The summed E-state index contributed by atoms with van der Waals surface area (Å²) in [5.41, 5.74) is 1.39. The van der Waals surface area contributed by atoms with Gasteiger partial charge in [-0.2, -0.15) is 0 Å². The van der Waals surface area contributed by atoms with Gasteiger partial charge in [0.1, 0.15) is 0 Å². The van der Waals surface area contributed by atoms with Crippen LogP contribution in [0.5, 0.6) is 0 Å². The van der Waals surface area contributed by atoms with Gasteiger partial charge in [0.15, 0.2) is 0 Å². The molecule has 86 valence electrons. The van der Waals surface area contributed by atoms with Gasteiger partial charge in [0, 0.05) is 22.2 Å². The molecule has 0 fully saturated rings. The normalized spacial score (nSPS) is 12.9. The Bertz CT molecular complexity index is 461. The van der Waals surface area contributed by atoms with Gasteiger partial charge in [0.25, 0.3) is 0 Å². The Hall–Kier alpha value is -0.160. The predicted molar refractivity (Wildman–Crippen MR) is 76.6 cm³/mol. The molecule has 0 aliphatic rings. The molecule has 4 heteroatoms. The summed E-state index contributed by atoms with van der Waals surface area (Å²) in [4.78, 5) is 2.87. The fraction of sp³-hybridized carbons (Fsp3) is 0.333. The second-order valence-electron chi connectivity index (χ2n) is 3.72. The molecule has 0 saturated carbocycles. The molecule has 2 heterocycles. The Kier molecular flexibility index (Phi) is 4.19. The van der Waals surface area contributed by atoms with Gasteiger partial charge in [-0.25, -0.2) is 0 Å². The minimum absolute atomic E-state index is 0.436. The minimum atomic E-state index is 0.436. The highest BCUT2D eigenvalue weighted by Crippen LogP contribution is 2.30. The van der Waals surface area contributed by atoms with Crippen LogP contribution >= 0.6 is 38.6 Å². The number of aryl methyl sites for hydroxylation is 1. The largest absolute Gasteiger partial charge is 0.312 e. The van der Waals surface area contributed by atoms with Gasteiger partial charge in [0.05, 0.1) is 3.79 Å². The van der Waals surface area contributed by atoms with Crippen LogP contribution in [0, 0.1) is 6.92 Å². The summed E-state index contributed by atoms with van der Waals surface area (Å²) in [6.07, 6.45) is 1.06. The van der Waals surface area contributed by atoms with E-state index in [1.54, 1.807) is 0 Å². The maximum Gasteiger partial charge on any atom is 0.0701 e. The molecule has 0 amide bonds. The molecule has 2 aromatic heterocycles. The molecule has 0 aromatic carbocycles. The summed E-state index contributed by atoms with van der Waals surface area (Å²) < 4.78 is 1.21. The van der Waals surface area contributed by atoms with Crippen LogP contribution in [0.4, 0.5) is 0 Å². The lowest BCUT2D eigenvalue weighted by atomic mass is 10.1. The summed E-state index contributed by atoms with van der Waals surface area (Å²) in [6, 6.07) is 6.94. The van der Waals surface area contributed by atoms with Crippen molar-refractivity contribution in [2.45, 2.75) is 19.4 Å². The number of rotatable bonds is 4. The van der Waals surface area contributed by atoms with E-state index in [1.165, 1.54) is 19.1 Å². The van der Waals surface area contributed by atoms with E-state index in [4.69, 9.17) is 0 Å². The van der Waals surface area contributed by atoms with Crippen molar-refractivity contribution in [1.82, 2.24) is 5.32 Å². The van der Waals surface area contributed by atoms with E-state index in [1.807, 2.05) is 29.7 Å². The summed E-state index contributed by atoms with van der Waals surface area (Å²) in [5.74, 6) is 0. The lowest BCUT2D eigenvalue weighted by molar-refractivity contribution is 0.604. The van der Waals surface area contributed by atoms with Crippen LogP contribution in [0.3, 0.4) is 0 Å². The maximum absolute atomic E-state index is 3.51. The first-order chi connectivity index (χ1) is 7.70. The molecule has 2 aromatic rings. The number of likely N-dealkylation sites (N-methyl/N-ethyl adjacent to an activating group) is 1. The van der Waals surface area contributed by atoms with Gasteiger partial charge in [-0.3, -0.25) is 0 Å². The van der Waals surface area contributed by atoms with Crippen molar-refractivity contribution < 1.29 is 0 Å². The first-order valence-corrected chi connectivity index (χ1v) is 7.65. The number of hydrogen-bond acceptors (Lipinski definition) is 3. The maximum atomic E-state index is 3.51. The standard InChI is InChI=1S/C12H14BrNS2/c1-8-5-6-15-12(8)10(14-2)7-9-3-4-11(13)16-9/h3-6,10,14H,7H2,1-2H3. The molecule has 0 aliphatic heterocycles. The lowest BCUT2D eigenvalue weighted by Crippen LogP contribution is -2.17. The topological polar surface area (TPSA) is 12.0 Å². The van der Waals surface area contributed by atoms with E-state index in [9.17, 15) is 0 Å². The second-order valence-corrected chi connectivity index (χ2v) is 7.21. The van der Waals surface area contributed by atoms with Crippen LogP contribution in [0.15, 0.2) is 27.4 Å². The average molecular weight is 316 g/mol. The predicted octanol–water partition coefficient (Wildman–Crippen LogP) is 4.38. The molecule has 0 aliphatic carbocycles. The molecule has 0 bridgehead atoms. The zero-order valence-corrected chi connectivity index (χ0v) is 12.5. The highest BCUT2D eigenvalue weighted by molar-refractivity contribution is 9.11. The van der Waals surface area contributed by atoms with Crippen LogP contribution in [-0.2, 0) is 6.42 Å². The first-order valence-electron chi connectivity index (χ1n) is 5.16. The van der Waals surface area contributed by atoms with E-state index in [0.29, 0.717) is 6.04 Å². The Labute approximate surface area is 113 Å². The van der Waals surface area contributed by atoms with Crippen molar-refractivity contribution in [1.29, 1.82) is 0 Å². The van der Waals surface area contributed by atoms with Gasteiger partial charge >= 0.3 is 0 Å². The third-order valence-electron chi connectivity index (χ3n) is 2.60. The molecule has 1 N–H and O–H groups in total. The van der Waals surface area contributed by atoms with Crippen molar-refractivity contribution in [3.8, 4) is 0 Å². The Morgan fingerprint density at radius 1 is 1.38 bits per heavy atom. The molecular weight excluding hydrogens is 302 g/mol. The van der Waals surface area contributed by atoms with Crippen LogP contribution in [0.25, 0.3) is 0 Å². The third kappa shape index (κ3) is 2.74. The molecule has 0 spiro atoms. The van der Waals surface area contributed by atoms with Crippen molar-refractivity contribution in [2.75, 3.05) is 7.05 Å². The van der Waals surface area contributed by atoms with Crippen molar-refractivity contribution in [3.05, 3.63) is 42.7 Å². The number of halogens is 1. The van der Waals surface area contributed by atoms with Crippen LogP contribution in [0.1, 0.15) is 21.4 Å². The fourth-order valence-electron chi connectivity index (χ4n) is 1.73. The fourth-order valence-corrected chi connectivity index (χ4v) is 4.30. The third-order valence-corrected chi connectivity index (χ3v) is 5.38. The van der Waals surface area contributed by atoms with Crippen LogP contribution in [-0.4, -0.2) is 7.05 Å². The molecule has 1 nitrogen and oxygen atoms in total. The number of thiophene rings is 2. The van der Waals surface area contributed by atoms with Gasteiger partial charge < -0.3 is 5.32 Å². The molecule has 16 heavy (non-hydrogen) atoms. The monoisotopic (exact) mass is 315 g/mol. The van der Waals surface area contributed by atoms with E-state index >= 15 is 0 Å². The first kappa shape index (κ1) is 12.3. The zero-order valence-electron chi connectivity index (χ0n) is 9.29. The minimum Gasteiger partial charge on any atom is -0.312 e. The Morgan fingerprint density at radius 2 is 2.19 bits per heavy atom. The lowest BCUT2D eigenvalue weighted by Gasteiger charge is -2.14. The summed E-state index contributed by atoms with van der Waals surface area (Å²) in [7, 11) is 2.03. The average Bonchev–Trinajstić information content (AvgIpc) is 2.84. The van der Waals surface area contributed by atoms with E-state index in [2.05, 4.69) is 51.7 Å². The summed E-state index contributed by atoms with van der Waals surface area (Å²) in [6.45, 7) is 2.18. The molecule has 0 saturated heterocycles. The SMILES string of the molecule is CNC(Cc1ccc(Br)s1)c1sccc1C. The Morgan fingerprint density at radius 3 is 2.69 bits per heavy atom. The highest BCUT2D eigenvalue weighted by Gasteiger charge is 2.14. The van der Waals surface area contributed by atoms with Crippen molar-refractivity contribution in [2.24, 2.45) is 0 Å².